The molecule has 1 aromatic heterocycles. The van der Waals surface area contributed by atoms with Crippen molar-refractivity contribution in [3.8, 4) is 0 Å². The van der Waals surface area contributed by atoms with E-state index in [0.29, 0.717) is 35.7 Å². The monoisotopic (exact) mass is 412 g/mol. The molecule has 3 aromatic rings. The largest absolute Gasteiger partial charge is 0.352 e. The number of aromatic amines is 1. The number of imidazole rings is 1. The molecule has 0 aliphatic heterocycles. The van der Waals surface area contributed by atoms with Crippen LogP contribution in [0.5, 0.6) is 0 Å². The van der Waals surface area contributed by atoms with Gasteiger partial charge in [-0.3, -0.25) is 9.59 Å². The van der Waals surface area contributed by atoms with Crippen molar-refractivity contribution in [1.29, 1.82) is 0 Å². The van der Waals surface area contributed by atoms with E-state index < -0.39 is 0 Å². The summed E-state index contributed by atoms with van der Waals surface area (Å²) in [6.07, 6.45) is 4.03. The van der Waals surface area contributed by atoms with Gasteiger partial charge in [0.25, 0.3) is 11.8 Å². The fourth-order valence-electron chi connectivity index (χ4n) is 2.83. The fraction of sp³-hybridized carbons (Fsp3) is 0.227. The van der Waals surface area contributed by atoms with Gasteiger partial charge in [0, 0.05) is 30.9 Å². The van der Waals surface area contributed by atoms with E-state index in [9.17, 15) is 9.59 Å². The van der Waals surface area contributed by atoms with Crippen LogP contribution in [0, 0.1) is 0 Å². The fourth-order valence-corrected chi connectivity index (χ4v) is 2.83. The number of para-hydroxylation sites is 1. The van der Waals surface area contributed by atoms with Gasteiger partial charge in [0.15, 0.2) is 0 Å². The minimum Gasteiger partial charge on any atom is -0.352 e. The van der Waals surface area contributed by atoms with E-state index in [1.807, 2.05) is 12.1 Å². The van der Waals surface area contributed by atoms with Crippen LogP contribution in [-0.4, -0.2) is 28.3 Å². The summed E-state index contributed by atoms with van der Waals surface area (Å²) >= 11 is 0. The van der Waals surface area contributed by atoms with Gasteiger partial charge in [-0.2, -0.15) is 0 Å². The maximum absolute atomic E-state index is 12.6. The summed E-state index contributed by atoms with van der Waals surface area (Å²) in [7, 11) is 0. The molecule has 0 saturated carbocycles. The van der Waals surface area contributed by atoms with E-state index in [4.69, 9.17) is 0 Å². The lowest BCUT2D eigenvalue weighted by molar-refractivity contribution is 0.0955. The van der Waals surface area contributed by atoms with Gasteiger partial charge in [-0.25, -0.2) is 4.98 Å². The second-order valence-corrected chi connectivity index (χ2v) is 6.82. The molecule has 152 valence electrons. The number of nitrogens with one attached hydrogen (secondary N) is 3. The molecule has 7 heteroatoms. The quantitative estimate of drug-likeness (QED) is 0.544. The highest BCUT2D eigenvalue weighted by molar-refractivity contribution is 6.09. The molecule has 1 heterocycles. The summed E-state index contributed by atoms with van der Waals surface area (Å²) in [5.74, 6) is 0.734. The molecule has 0 aliphatic carbocycles. The highest BCUT2D eigenvalue weighted by Gasteiger charge is 2.14. The molecule has 29 heavy (non-hydrogen) atoms. The lowest BCUT2D eigenvalue weighted by Crippen LogP contribution is -2.27. The van der Waals surface area contributed by atoms with E-state index >= 15 is 0 Å². The van der Waals surface area contributed by atoms with E-state index in [1.165, 1.54) is 5.56 Å². The summed E-state index contributed by atoms with van der Waals surface area (Å²) in [5.41, 5.74) is 2.63. The minimum absolute atomic E-state index is 0. The summed E-state index contributed by atoms with van der Waals surface area (Å²) < 4.78 is 0. The zero-order chi connectivity index (χ0) is 19.9. The Bertz CT molecular complexity index is 938. The van der Waals surface area contributed by atoms with Crippen molar-refractivity contribution in [2.75, 3.05) is 11.9 Å². The first-order chi connectivity index (χ1) is 13.5. The molecular weight excluding hydrogens is 388 g/mol. The Morgan fingerprint density at radius 1 is 1.03 bits per heavy atom. The Hall–Kier alpha value is -3.12. The van der Waals surface area contributed by atoms with Crippen molar-refractivity contribution in [3.05, 3.63) is 83.4 Å². The van der Waals surface area contributed by atoms with Gasteiger partial charge >= 0.3 is 0 Å². The van der Waals surface area contributed by atoms with Gasteiger partial charge in [0.1, 0.15) is 5.82 Å². The van der Waals surface area contributed by atoms with Gasteiger partial charge in [-0.15, -0.1) is 12.4 Å². The predicted molar refractivity (Wildman–Crippen MR) is 117 cm³/mol. The molecule has 0 atom stereocenters. The molecule has 6 nitrogen and oxygen atoms in total. The number of aromatic nitrogens is 2. The molecule has 2 amide bonds. The number of hydrogen-bond donors (Lipinski definition) is 3. The average molecular weight is 413 g/mol. The molecule has 0 bridgehead atoms. The molecule has 0 saturated heterocycles. The van der Waals surface area contributed by atoms with Crippen LogP contribution in [0.4, 0.5) is 5.69 Å². The zero-order valence-corrected chi connectivity index (χ0v) is 17.3. The lowest BCUT2D eigenvalue weighted by Gasteiger charge is -2.12. The molecule has 3 rings (SSSR count). The van der Waals surface area contributed by atoms with Crippen LogP contribution in [0.15, 0.2) is 60.9 Å². The molecule has 2 aromatic carbocycles. The molecular formula is C22H25ClN4O2. The third kappa shape index (κ3) is 5.93. The number of carbonyl (C=O) groups excluding carboxylic acids is 2. The second-order valence-electron chi connectivity index (χ2n) is 6.82. The number of nitrogens with zero attached hydrogens (tertiary/aromatic N) is 1. The maximum atomic E-state index is 12.6. The van der Waals surface area contributed by atoms with E-state index in [2.05, 4.69) is 34.4 Å². The van der Waals surface area contributed by atoms with Crippen LogP contribution in [0.1, 0.15) is 51.9 Å². The van der Waals surface area contributed by atoms with Crippen LogP contribution in [0.2, 0.25) is 0 Å². The van der Waals surface area contributed by atoms with Gasteiger partial charge in [-0.05, 0) is 35.7 Å². The molecule has 0 fully saturated rings. The Labute approximate surface area is 176 Å². The number of halogens is 1. The Kier molecular flexibility index (Phi) is 7.98. The van der Waals surface area contributed by atoms with Gasteiger partial charge in [0.2, 0.25) is 0 Å². The van der Waals surface area contributed by atoms with Crippen molar-refractivity contribution in [1.82, 2.24) is 15.3 Å². The maximum Gasteiger partial charge on any atom is 0.255 e. The average Bonchev–Trinajstić information content (AvgIpc) is 3.22. The number of benzene rings is 2. The highest BCUT2D eigenvalue weighted by Crippen LogP contribution is 2.18. The number of amides is 2. The molecule has 0 unspecified atom stereocenters. The van der Waals surface area contributed by atoms with Crippen molar-refractivity contribution < 1.29 is 9.59 Å². The van der Waals surface area contributed by atoms with Crippen molar-refractivity contribution in [2.45, 2.75) is 26.2 Å². The van der Waals surface area contributed by atoms with Crippen molar-refractivity contribution in [2.24, 2.45) is 0 Å². The first-order valence-electron chi connectivity index (χ1n) is 9.31. The number of hydrogen-bond acceptors (Lipinski definition) is 3. The van der Waals surface area contributed by atoms with E-state index in [-0.39, 0.29) is 24.2 Å². The molecule has 0 aliphatic rings. The third-order valence-corrected chi connectivity index (χ3v) is 4.46. The number of rotatable bonds is 7. The molecule has 0 spiro atoms. The zero-order valence-electron chi connectivity index (χ0n) is 16.4. The summed E-state index contributed by atoms with van der Waals surface area (Å²) in [5, 5.41) is 5.70. The first kappa shape index (κ1) is 22.2. The number of H-pyrrole nitrogens is 1. The minimum atomic E-state index is -0.244. The molecule has 3 N–H and O–H groups in total. The van der Waals surface area contributed by atoms with Crippen LogP contribution in [0.3, 0.4) is 0 Å². The van der Waals surface area contributed by atoms with Crippen molar-refractivity contribution >= 4 is 29.9 Å². The second kappa shape index (κ2) is 10.4. The van der Waals surface area contributed by atoms with Crippen LogP contribution in [0.25, 0.3) is 0 Å². The van der Waals surface area contributed by atoms with Gasteiger partial charge in [-0.1, -0.05) is 38.1 Å². The van der Waals surface area contributed by atoms with Crippen molar-refractivity contribution in [3.63, 3.8) is 0 Å². The summed E-state index contributed by atoms with van der Waals surface area (Å²) in [4.78, 5) is 32.2. The first-order valence-corrected chi connectivity index (χ1v) is 9.31. The topological polar surface area (TPSA) is 86.9 Å². The van der Waals surface area contributed by atoms with E-state index in [1.54, 1.807) is 48.8 Å². The lowest BCUT2D eigenvalue weighted by atomic mass is 10.0. The third-order valence-electron chi connectivity index (χ3n) is 4.46. The predicted octanol–water partition coefficient (Wildman–Crippen LogP) is 4.18. The van der Waals surface area contributed by atoms with E-state index in [0.717, 1.165) is 5.82 Å². The van der Waals surface area contributed by atoms with Gasteiger partial charge in [0.05, 0.1) is 11.3 Å². The number of carbonyl (C=O) groups is 2. The Balaban J connectivity index is 0.00000300. The Morgan fingerprint density at radius 2 is 1.76 bits per heavy atom. The SMILES string of the molecule is CC(C)c1ccc(C(=O)Nc2ccccc2C(=O)NCCc2ncc[nH]2)cc1.Cl. The highest BCUT2D eigenvalue weighted by atomic mass is 35.5. The smallest absolute Gasteiger partial charge is 0.255 e. The summed E-state index contributed by atoms with van der Waals surface area (Å²) in [6.45, 7) is 4.66. The van der Waals surface area contributed by atoms with Crippen LogP contribution >= 0.6 is 12.4 Å². The number of anilines is 1. The standard InChI is InChI=1S/C22H24N4O2.ClH/c1-15(2)16-7-9-17(10-8-16)21(27)26-19-6-4-3-5-18(19)22(28)25-12-11-20-23-13-14-24-20;/h3-10,13-15H,11-12H2,1-2H3,(H,23,24)(H,25,28)(H,26,27);1H. The van der Waals surface area contributed by atoms with Crippen LogP contribution in [-0.2, 0) is 6.42 Å². The van der Waals surface area contributed by atoms with Gasteiger partial charge < -0.3 is 15.6 Å². The normalized spacial score (nSPS) is 10.3. The summed E-state index contributed by atoms with van der Waals surface area (Å²) in [6, 6.07) is 14.5. The molecule has 0 radical (unpaired) electrons. The van der Waals surface area contributed by atoms with Crippen LogP contribution < -0.4 is 10.6 Å². The Morgan fingerprint density at radius 3 is 2.41 bits per heavy atom.